The summed E-state index contributed by atoms with van der Waals surface area (Å²) in [7, 11) is 0. The number of hydrogen-bond acceptors (Lipinski definition) is 4. The van der Waals surface area contributed by atoms with Crippen molar-refractivity contribution in [3.63, 3.8) is 0 Å². The number of nitrogens with one attached hydrogen (secondary N) is 1. The molecule has 2 N–H and O–H groups in total. The Morgan fingerprint density at radius 3 is 2.86 bits per heavy atom. The Kier molecular flexibility index (Phi) is 3.47. The van der Waals surface area contributed by atoms with Gasteiger partial charge in [-0.25, -0.2) is 9.67 Å². The summed E-state index contributed by atoms with van der Waals surface area (Å²) in [5.41, 5.74) is 2.32. The first-order valence-corrected chi connectivity index (χ1v) is 6.98. The van der Waals surface area contributed by atoms with Crippen LogP contribution in [-0.4, -0.2) is 38.9 Å². The molecule has 0 spiro atoms. The Bertz CT molecular complexity index is 648. The summed E-state index contributed by atoms with van der Waals surface area (Å²) in [5, 5.41) is 16.3. The number of carbonyl (C=O) groups is 1. The van der Waals surface area contributed by atoms with Gasteiger partial charge in [0, 0.05) is 17.5 Å². The van der Waals surface area contributed by atoms with E-state index in [2.05, 4.69) is 15.4 Å². The lowest BCUT2D eigenvalue weighted by Gasteiger charge is -2.14. The van der Waals surface area contributed by atoms with Crippen LogP contribution in [0, 0.1) is 12.3 Å². The maximum absolute atomic E-state index is 12.2. The number of aliphatic hydroxyl groups is 1. The number of aliphatic hydroxyl groups excluding tert-OH is 1. The third kappa shape index (κ3) is 2.80. The van der Waals surface area contributed by atoms with E-state index in [9.17, 15) is 9.90 Å². The maximum atomic E-state index is 12.2. The highest BCUT2D eigenvalue weighted by Crippen LogP contribution is 2.44. The minimum Gasteiger partial charge on any atom is -0.396 e. The predicted molar refractivity (Wildman–Crippen MR) is 77.2 cm³/mol. The van der Waals surface area contributed by atoms with E-state index in [0.717, 1.165) is 24.1 Å². The molecule has 0 radical (unpaired) electrons. The molecule has 21 heavy (non-hydrogen) atoms. The summed E-state index contributed by atoms with van der Waals surface area (Å²) in [5.74, 6) is -0.0997. The van der Waals surface area contributed by atoms with Crippen molar-refractivity contribution in [3.05, 3.63) is 42.0 Å². The van der Waals surface area contributed by atoms with Crippen molar-refractivity contribution in [1.82, 2.24) is 20.1 Å². The second-order valence-corrected chi connectivity index (χ2v) is 5.68. The molecule has 1 amide bonds. The molecular formula is C15H18N4O2. The number of hydrogen-bond donors (Lipinski definition) is 2. The average molecular weight is 286 g/mol. The quantitative estimate of drug-likeness (QED) is 0.862. The molecule has 0 atom stereocenters. The van der Waals surface area contributed by atoms with E-state index < -0.39 is 0 Å². The Morgan fingerprint density at radius 1 is 1.48 bits per heavy atom. The van der Waals surface area contributed by atoms with Crippen LogP contribution in [0.3, 0.4) is 0 Å². The van der Waals surface area contributed by atoms with Gasteiger partial charge >= 0.3 is 0 Å². The molecule has 0 bridgehead atoms. The second kappa shape index (κ2) is 5.29. The Balaban J connectivity index is 1.72. The van der Waals surface area contributed by atoms with Crippen LogP contribution in [0.5, 0.6) is 0 Å². The topological polar surface area (TPSA) is 80.0 Å². The Hall–Kier alpha value is -2.21. The van der Waals surface area contributed by atoms with Gasteiger partial charge in [0.1, 0.15) is 12.7 Å². The van der Waals surface area contributed by atoms with E-state index in [1.807, 2.05) is 19.1 Å². The van der Waals surface area contributed by atoms with Gasteiger partial charge in [0.25, 0.3) is 5.91 Å². The van der Waals surface area contributed by atoms with E-state index >= 15 is 0 Å². The molecule has 0 unspecified atom stereocenters. The minimum absolute atomic E-state index is 0.0791. The third-order valence-electron chi connectivity index (χ3n) is 4.05. The first-order chi connectivity index (χ1) is 10.1. The zero-order chi connectivity index (χ0) is 14.9. The number of amides is 1. The number of benzene rings is 1. The SMILES string of the molecule is Cc1cc(-n2cncn2)ccc1C(=O)NCC1(CO)CC1. The van der Waals surface area contributed by atoms with E-state index in [1.165, 1.54) is 6.33 Å². The fourth-order valence-corrected chi connectivity index (χ4v) is 2.32. The molecular weight excluding hydrogens is 268 g/mol. The van der Waals surface area contributed by atoms with Crippen LogP contribution in [0.1, 0.15) is 28.8 Å². The van der Waals surface area contributed by atoms with Gasteiger partial charge in [-0.1, -0.05) is 0 Å². The van der Waals surface area contributed by atoms with Crippen LogP contribution in [-0.2, 0) is 0 Å². The zero-order valence-electron chi connectivity index (χ0n) is 11.9. The van der Waals surface area contributed by atoms with E-state index in [4.69, 9.17) is 0 Å². The summed E-state index contributed by atoms with van der Waals surface area (Å²) < 4.78 is 1.65. The average Bonchev–Trinajstić information content (AvgIpc) is 3.07. The van der Waals surface area contributed by atoms with Gasteiger partial charge in [0.05, 0.1) is 12.3 Å². The fourth-order valence-electron chi connectivity index (χ4n) is 2.32. The lowest BCUT2D eigenvalue weighted by Crippen LogP contribution is -2.32. The highest BCUT2D eigenvalue weighted by atomic mass is 16.3. The summed E-state index contributed by atoms with van der Waals surface area (Å²) in [6.07, 6.45) is 5.05. The van der Waals surface area contributed by atoms with Gasteiger partial charge < -0.3 is 10.4 Å². The van der Waals surface area contributed by atoms with Gasteiger partial charge in [0.2, 0.25) is 0 Å². The summed E-state index contributed by atoms with van der Waals surface area (Å²) in [4.78, 5) is 16.1. The number of nitrogens with zero attached hydrogens (tertiary/aromatic N) is 3. The highest BCUT2D eigenvalue weighted by Gasteiger charge is 2.42. The van der Waals surface area contributed by atoms with Crippen molar-refractivity contribution in [2.75, 3.05) is 13.2 Å². The predicted octanol–water partition coefficient (Wildman–Crippen LogP) is 1.08. The van der Waals surface area contributed by atoms with Crippen molar-refractivity contribution >= 4 is 5.91 Å². The number of aromatic nitrogens is 3. The highest BCUT2D eigenvalue weighted by molar-refractivity contribution is 5.95. The Morgan fingerprint density at radius 2 is 2.29 bits per heavy atom. The summed E-state index contributed by atoms with van der Waals surface area (Å²) in [6.45, 7) is 2.57. The van der Waals surface area contributed by atoms with Crippen LogP contribution in [0.25, 0.3) is 5.69 Å². The van der Waals surface area contributed by atoms with Crippen molar-refractivity contribution in [1.29, 1.82) is 0 Å². The van der Waals surface area contributed by atoms with E-state index in [0.29, 0.717) is 12.1 Å². The second-order valence-electron chi connectivity index (χ2n) is 5.68. The molecule has 3 rings (SSSR count). The van der Waals surface area contributed by atoms with Crippen LogP contribution < -0.4 is 5.32 Å². The Labute approximate surface area is 122 Å². The monoisotopic (exact) mass is 286 g/mol. The standard InChI is InChI=1S/C15H18N4O2/c1-11-6-12(19-10-16-9-18-19)2-3-13(11)14(21)17-7-15(8-20)4-5-15/h2-3,6,9-10,20H,4-5,7-8H2,1H3,(H,17,21). The molecule has 0 aliphatic heterocycles. The molecule has 1 aliphatic rings. The van der Waals surface area contributed by atoms with Gasteiger partial charge in [0.15, 0.2) is 0 Å². The molecule has 1 aromatic heterocycles. The molecule has 1 aliphatic carbocycles. The van der Waals surface area contributed by atoms with Crippen molar-refractivity contribution in [2.24, 2.45) is 5.41 Å². The number of carbonyl (C=O) groups excluding carboxylic acids is 1. The lowest BCUT2D eigenvalue weighted by atomic mass is 10.1. The molecule has 1 aromatic carbocycles. The molecule has 6 heteroatoms. The van der Waals surface area contributed by atoms with Crippen molar-refractivity contribution < 1.29 is 9.90 Å². The zero-order valence-corrected chi connectivity index (χ0v) is 11.9. The molecule has 110 valence electrons. The van der Waals surface area contributed by atoms with Crippen LogP contribution >= 0.6 is 0 Å². The van der Waals surface area contributed by atoms with Crippen molar-refractivity contribution in [2.45, 2.75) is 19.8 Å². The molecule has 2 aromatic rings. The molecule has 1 saturated carbocycles. The first-order valence-electron chi connectivity index (χ1n) is 6.98. The fraction of sp³-hybridized carbons (Fsp3) is 0.400. The minimum atomic E-state index is -0.0997. The van der Waals surface area contributed by atoms with Crippen LogP contribution in [0.2, 0.25) is 0 Å². The first kappa shape index (κ1) is 13.8. The number of aryl methyl sites for hydroxylation is 1. The van der Waals surface area contributed by atoms with Gasteiger partial charge in [-0.3, -0.25) is 4.79 Å². The molecule has 0 saturated heterocycles. The normalized spacial score (nSPS) is 15.7. The van der Waals surface area contributed by atoms with Crippen LogP contribution in [0.15, 0.2) is 30.9 Å². The molecule has 1 fully saturated rings. The van der Waals surface area contributed by atoms with Crippen molar-refractivity contribution in [3.8, 4) is 5.69 Å². The van der Waals surface area contributed by atoms with Gasteiger partial charge in [-0.2, -0.15) is 5.10 Å². The van der Waals surface area contributed by atoms with Gasteiger partial charge in [-0.05, 0) is 43.5 Å². The molecule has 6 nitrogen and oxygen atoms in total. The summed E-state index contributed by atoms with van der Waals surface area (Å²) in [6, 6.07) is 5.54. The largest absolute Gasteiger partial charge is 0.396 e. The molecule has 1 heterocycles. The smallest absolute Gasteiger partial charge is 0.251 e. The maximum Gasteiger partial charge on any atom is 0.251 e. The van der Waals surface area contributed by atoms with Gasteiger partial charge in [-0.15, -0.1) is 0 Å². The van der Waals surface area contributed by atoms with E-state index in [1.54, 1.807) is 17.1 Å². The summed E-state index contributed by atoms with van der Waals surface area (Å²) >= 11 is 0. The lowest BCUT2D eigenvalue weighted by molar-refractivity contribution is 0.0934. The van der Waals surface area contributed by atoms with E-state index in [-0.39, 0.29) is 17.9 Å². The number of rotatable bonds is 5. The third-order valence-corrected chi connectivity index (χ3v) is 4.05. The van der Waals surface area contributed by atoms with Crippen LogP contribution in [0.4, 0.5) is 0 Å².